The molecule has 132 valence electrons. The van der Waals surface area contributed by atoms with Gasteiger partial charge in [-0.1, -0.05) is 0 Å². The summed E-state index contributed by atoms with van der Waals surface area (Å²) in [6, 6.07) is 0.246. The Bertz CT molecular complexity index is 838. The first-order chi connectivity index (χ1) is 11.9. The first kappa shape index (κ1) is 18.6. The van der Waals surface area contributed by atoms with Gasteiger partial charge in [-0.05, 0) is 13.8 Å². The number of Topliss-reactive ketones (excluding diaryl/α,β-unsaturated/α-hetero) is 1. The maximum atomic E-state index is 14.0. The van der Waals surface area contributed by atoms with Crippen molar-refractivity contribution in [1.82, 2.24) is 8.75 Å². The summed E-state index contributed by atoms with van der Waals surface area (Å²) in [7, 11) is 0. The molecule has 0 saturated carbocycles. The third kappa shape index (κ3) is 4.02. The number of carbonyl (C=O) groups is 2. The van der Waals surface area contributed by atoms with Crippen LogP contribution in [0.25, 0.3) is 0 Å². The Morgan fingerprint density at radius 2 is 2.04 bits per heavy atom. The zero-order valence-corrected chi connectivity index (χ0v) is 13.9. The minimum atomic E-state index is -1.43. The van der Waals surface area contributed by atoms with Gasteiger partial charge in [0.05, 0.1) is 30.1 Å². The van der Waals surface area contributed by atoms with Gasteiger partial charge in [-0.25, -0.2) is 18.0 Å². The van der Waals surface area contributed by atoms with E-state index in [9.17, 15) is 22.8 Å². The van der Waals surface area contributed by atoms with E-state index in [4.69, 9.17) is 4.74 Å². The standard InChI is InChI=1S/C15H12F3N3O3S/c1-3-24-15(23)8(5-19-11-6-20-25-21-11)14(22)12-7(2)13(18)10(17)4-9(12)16/h4-6H,3H2,1-2H3,(H,19,21). The molecule has 10 heteroatoms. The van der Waals surface area contributed by atoms with Gasteiger partial charge in [0.15, 0.2) is 17.5 Å². The van der Waals surface area contributed by atoms with Crippen molar-refractivity contribution in [2.45, 2.75) is 13.8 Å². The lowest BCUT2D eigenvalue weighted by atomic mass is 9.98. The van der Waals surface area contributed by atoms with Gasteiger partial charge in [0.2, 0.25) is 5.78 Å². The molecule has 1 aromatic carbocycles. The minimum Gasteiger partial charge on any atom is -0.462 e. The predicted octanol–water partition coefficient (Wildman–Crippen LogP) is 3.01. The van der Waals surface area contributed by atoms with Crippen LogP contribution in [-0.2, 0) is 9.53 Å². The van der Waals surface area contributed by atoms with Gasteiger partial charge in [-0.2, -0.15) is 8.75 Å². The number of rotatable bonds is 6. The number of benzene rings is 1. The Balaban J connectivity index is 2.47. The van der Waals surface area contributed by atoms with Crippen LogP contribution >= 0.6 is 11.7 Å². The number of halogens is 3. The SMILES string of the molecule is CCOC(=O)C(=CNc1cnsn1)C(=O)c1c(F)cc(F)c(F)c1C. The largest absolute Gasteiger partial charge is 0.462 e. The van der Waals surface area contributed by atoms with E-state index >= 15 is 0 Å². The third-order valence-corrected chi connectivity index (χ3v) is 3.58. The van der Waals surface area contributed by atoms with E-state index in [1.807, 2.05) is 0 Å². The van der Waals surface area contributed by atoms with Crippen molar-refractivity contribution in [2.75, 3.05) is 11.9 Å². The smallest absolute Gasteiger partial charge is 0.343 e. The van der Waals surface area contributed by atoms with E-state index in [0.29, 0.717) is 0 Å². The summed E-state index contributed by atoms with van der Waals surface area (Å²) in [4.78, 5) is 24.6. The van der Waals surface area contributed by atoms with Crippen LogP contribution in [0.3, 0.4) is 0 Å². The molecule has 0 radical (unpaired) electrons. The van der Waals surface area contributed by atoms with Crippen molar-refractivity contribution in [1.29, 1.82) is 0 Å². The molecule has 0 aliphatic carbocycles. The fourth-order valence-electron chi connectivity index (χ4n) is 1.93. The van der Waals surface area contributed by atoms with Crippen LogP contribution in [0.15, 0.2) is 24.0 Å². The van der Waals surface area contributed by atoms with E-state index in [1.54, 1.807) is 0 Å². The summed E-state index contributed by atoms with van der Waals surface area (Å²) in [5, 5.41) is 2.54. The number of esters is 1. The fourth-order valence-corrected chi connectivity index (χ4v) is 2.31. The lowest BCUT2D eigenvalue weighted by Crippen LogP contribution is -2.20. The molecule has 0 amide bonds. The number of anilines is 1. The van der Waals surface area contributed by atoms with Crippen molar-refractivity contribution in [3.8, 4) is 0 Å². The van der Waals surface area contributed by atoms with Crippen molar-refractivity contribution in [2.24, 2.45) is 0 Å². The molecule has 0 saturated heterocycles. The summed E-state index contributed by atoms with van der Waals surface area (Å²) in [5.74, 6) is -6.05. The minimum absolute atomic E-state index is 0.0407. The Labute approximate surface area is 144 Å². The van der Waals surface area contributed by atoms with Crippen molar-refractivity contribution >= 4 is 29.3 Å². The van der Waals surface area contributed by atoms with Crippen LogP contribution in [-0.4, -0.2) is 27.1 Å². The summed E-state index contributed by atoms with van der Waals surface area (Å²) < 4.78 is 53.2. The number of aromatic nitrogens is 2. The average molecular weight is 371 g/mol. The molecule has 0 aliphatic rings. The highest BCUT2D eigenvalue weighted by Crippen LogP contribution is 2.23. The summed E-state index contributed by atoms with van der Waals surface area (Å²) in [6.07, 6.45) is 2.29. The van der Waals surface area contributed by atoms with Crippen LogP contribution in [0.2, 0.25) is 0 Å². The number of ether oxygens (including phenoxy) is 1. The number of hydrogen-bond acceptors (Lipinski definition) is 7. The van der Waals surface area contributed by atoms with Gasteiger partial charge >= 0.3 is 5.97 Å². The molecule has 1 heterocycles. The Morgan fingerprint density at radius 3 is 2.64 bits per heavy atom. The molecule has 0 spiro atoms. The van der Waals surface area contributed by atoms with Gasteiger partial charge in [-0.3, -0.25) is 4.79 Å². The topological polar surface area (TPSA) is 81.2 Å². The highest BCUT2D eigenvalue weighted by molar-refractivity contribution is 6.99. The fraction of sp³-hybridized carbons (Fsp3) is 0.200. The van der Waals surface area contributed by atoms with E-state index in [-0.39, 0.29) is 18.5 Å². The zero-order chi connectivity index (χ0) is 18.6. The molecule has 1 aromatic heterocycles. The van der Waals surface area contributed by atoms with Crippen molar-refractivity contribution in [3.63, 3.8) is 0 Å². The second kappa shape index (κ2) is 7.88. The molecule has 0 fully saturated rings. The van der Waals surface area contributed by atoms with Crippen molar-refractivity contribution < 1.29 is 27.5 Å². The van der Waals surface area contributed by atoms with Gasteiger partial charge in [0, 0.05) is 17.8 Å². The quantitative estimate of drug-likeness (QED) is 0.210. The molecular formula is C15H12F3N3O3S. The number of carbonyl (C=O) groups excluding carboxylic acids is 2. The summed E-state index contributed by atoms with van der Waals surface area (Å²) in [6.45, 7) is 2.51. The number of hydrogen-bond donors (Lipinski definition) is 1. The van der Waals surface area contributed by atoms with Gasteiger partial charge in [0.1, 0.15) is 11.4 Å². The second-order valence-corrected chi connectivity index (χ2v) is 5.26. The maximum Gasteiger partial charge on any atom is 0.343 e. The third-order valence-electron chi connectivity index (χ3n) is 3.10. The van der Waals surface area contributed by atoms with Crippen LogP contribution in [0.1, 0.15) is 22.8 Å². The number of ketones is 1. The first-order valence-electron chi connectivity index (χ1n) is 6.97. The molecule has 0 atom stereocenters. The van der Waals surface area contributed by atoms with Gasteiger partial charge in [-0.15, -0.1) is 0 Å². The molecule has 0 unspecified atom stereocenters. The Kier molecular flexibility index (Phi) is 5.86. The number of nitrogens with zero attached hydrogens (tertiary/aromatic N) is 2. The van der Waals surface area contributed by atoms with Gasteiger partial charge < -0.3 is 10.1 Å². The lowest BCUT2D eigenvalue weighted by molar-refractivity contribution is -0.138. The Hall–Kier alpha value is -2.75. The van der Waals surface area contributed by atoms with E-state index < -0.39 is 45.9 Å². The summed E-state index contributed by atoms with van der Waals surface area (Å²) in [5.41, 5.74) is -1.90. The van der Waals surface area contributed by atoms with E-state index in [0.717, 1.165) is 24.9 Å². The van der Waals surface area contributed by atoms with Gasteiger partial charge in [0.25, 0.3) is 0 Å². The summed E-state index contributed by atoms with van der Waals surface area (Å²) >= 11 is 0.879. The zero-order valence-electron chi connectivity index (χ0n) is 13.1. The average Bonchev–Trinajstić information content (AvgIpc) is 3.06. The molecule has 25 heavy (non-hydrogen) atoms. The molecule has 2 rings (SSSR count). The highest BCUT2D eigenvalue weighted by atomic mass is 32.1. The molecule has 1 N–H and O–H groups in total. The van der Waals surface area contributed by atoms with Crippen LogP contribution in [0.5, 0.6) is 0 Å². The molecule has 0 aliphatic heterocycles. The maximum absolute atomic E-state index is 14.0. The molecule has 6 nitrogen and oxygen atoms in total. The number of nitrogens with one attached hydrogen (secondary N) is 1. The highest BCUT2D eigenvalue weighted by Gasteiger charge is 2.28. The lowest BCUT2D eigenvalue weighted by Gasteiger charge is -2.11. The monoisotopic (exact) mass is 371 g/mol. The first-order valence-corrected chi connectivity index (χ1v) is 7.70. The molecular weight excluding hydrogens is 359 g/mol. The van der Waals surface area contributed by atoms with Crippen LogP contribution in [0.4, 0.5) is 19.0 Å². The van der Waals surface area contributed by atoms with E-state index in [2.05, 4.69) is 14.1 Å². The van der Waals surface area contributed by atoms with Crippen LogP contribution < -0.4 is 5.32 Å². The molecule has 0 bridgehead atoms. The van der Waals surface area contributed by atoms with Crippen LogP contribution in [0, 0.1) is 24.4 Å². The van der Waals surface area contributed by atoms with E-state index in [1.165, 1.54) is 13.1 Å². The Morgan fingerprint density at radius 1 is 1.32 bits per heavy atom. The van der Waals surface area contributed by atoms with Crippen molar-refractivity contribution in [3.05, 3.63) is 52.6 Å². The second-order valence-electron chi connectivity index (χ2n) is 4.70. The predicted molar refractivity (Wildman–Crippen MR) is 83.6 cm³/mol. The molecule has 2 aromatic rings. The normalized spacial score (nSPS) is 11.3.